The number of carbonyl (C=O) groups excluding carboxylic acids is 1. The third kappa shape index (κ3) is 2.89. The zero-order chi connectivity index (χ0) is 14.0. The average molecular weight is 261 g/mol. The number of rotatable bonds is 4. The third-order valence-corrected chi connectivity index (χ3v) is 3.90. The Morgan fingerprint density at radius 1 is 1.47 bits per heavy atom. The van der Waals surface area contributed by atoms with Crippen molar-refractivity contribution >= 4 is 11.6 Å². The summed E-state index contributed by atoms with van der Waals surface area (Å²) in [6.07, 6.45) is 0.758. The molecule has 0 aliphatic carbocycles. The predicted molar refractivity (Wildman–Crippen MR) is 78.1 cm³/mol. The van der Waals surface area contributed by atoms with Gasteiger partial charge in [-0.2, -0.15) is 0 Å². The first-order valence-corrected chi connectivity index (χ1v) is 6.82. The molecule has 1 aliphatic rings. The SMILES string of the molecule is Cc1cccc(NC2(C(N)=O)CCN(C(C)C)C2)c1. The first kappa shape index (κ1) is 13.9. The zero-order valence-corrected chi connectivity index (χ0v) is 11.9. The van der Waals surface area contributed by atoms with E-state index >= 15 is 0 Å². The van der Waals surface area contributed by atoms with Gasteiger partial charge in [0, 0.05) is 24.8 Å². The van der Waals surface area contributed by atoms with Crippen LogP contribution in [0.4, 0.5) is 5.69 Å². The van der Waals surface area contributed by atoms with Crippen molar-refractivity contribution in [1.29, 1.82) is 0 Å². The van der Waals surface area contributed by atoms with Crippen LogP contribution in [0.25, 0.3) is 0 Å². The number of anilines is 1. The van der Waals surface area contributed by atoms with Crippen LogP contribution < -0.4 is 11.1 Å². The number of benzene rings is 1. The number of nitrogens with two attached hydrogens (primary N) is 1. The highest BCUT2D eigenvalue weighted by Gasteiger charge is 2.43. The molecule has 1 aliphatic heterocycles. The number of amides is 1. The molecule has 2 rings (SSSR count). The minimum absolute atomic E-state index is 0.267. The number of likely N-dealkylation sites (tertiary alicyclic amines) is 1. The molecule has 1 fully saturated rings. The molecule has 1 unspecified atom stereocenters. The van der Waals surface area contributed by atoms with E-state index in [4.69, 9.17) is 5.73 Å². The Labute approximate surface area is 115 Å². The van der Waals surface area contributed by atoms with Gasteiger partial charge in [-0.15, -0.1) is 0 Å². The van der Waals surface area contributed by atoms with Crippen molar-refractivity contribution in [3.8, 4) is 0 Å². The van der Waals surface area contributed by atoms with E-state index in [2.05, 4.69) is 24.1 Å². The van der Waals surface area contributed by atoms with Gasteiger partial charge in [-0.05, 0) is 44.9 Å². The summed E-state index contributed by atoms with van der Waals surface area (Å²) in [4.78, 5) is 14.2. The number of hydrogen-bond acceptors (Lipinski definition) is 3. The summed E-state index contributed by atoms with van der Waals surface area (Å²) in [6, 6.07) is 8.48. The molecule has 0 radical (unpaired) electrons. The summed E-state index contributed by atoms with van der Waals surface area (Å²) in [6.45, 7) is 7.90. The molecular weight excluding hydrogens is 238 g/mol. The van der Waals surface area contributed by atoms with Crippen LogP contribution in [-0.2, 0) is 4.79 Å². The molecule has 104 valence electrons. The van der Waals surface area contributed by atoms with E-state index in [1.54, 1.807) is 0 Å². The lowest BCUT2D eigenvalue weighted by Gasteiger charge is -2.29. The van der Waals surface area contributed by atoms with E-state index in [0.717, 1.165) is 18.7 Å². The molecule has 0 bridgehead atoms. The molecule has 1 saturated heterocycles. The maximum absolute atomic E-state index is 11.9. The highest BCUT2D eigenvalue weighted by molar-refractivity contribution is 5.88. The van der Waals surface area contributed by atoms with Crippen LogP contribution in [0.2, 0.25) is 0 Å². The van der Waals surface area contributed by atoms with Gasteiger partial charge in [0.15, 0.2) is 0 Å². The molecule has 1 amide bonds. The monoisotopic (exact) mass is 261 g/mol. The lowest BCUT2D eigenvalue weighted by atomic mass is 9.97. The summed E-state index contributed by atoms with van der Waals surface area (Å²) >= 11 is 0. The van der Waals surface area contributed by atoms with Crippen molar-refractivity contribution < 1.29 is 4.79 Å². The number of aryl methyl sites for hydroxylation is 1. The van der Waals surface area contributed by atoms with Crippen molar-refractivity contribution in [1.82, 2.24) is 4.90 Å². The van der Waals surface area contributed by atoms with Crippen molar-refractivity contribution in [3.05, 3.63) is 29.8 Å². The predicted octanol–water partition coefficient (Wildman–Crippen LogP) is 1.75. The minimum atomic E-state index is -0.641. The Morgan fingerprint density at radius 2 is 2.21 bits per heavy atom. The van der Waals surface area contributed by atoms with Crippen LogP contribution in [0.15, 0.2) is 24.3 Å². The summed E-state index contributed by atoms with van der Waals surface area (Å²) in [7, 11) is 0. The van der Waals surface area contributed by atoms with Gasteiger partial charge >= 0.3 is 0 Å². The van der Waals surface area contributed by atoms with Gasteiger partial charge in [-0.1, -0.05) is 12.1 Å². The Balaban J connectivity index is 2.20. The summed E-state index contributed by atoms with van der Waals surface area (Å²) in [5.74, 6) is -0.267. The van der Waals surface area contributed by atoms with Crippen molar-refractivity contribution in [2.75, 3.05) is 18.4 Å². The maximum Gasteiger partial charge on any atom is 0.244 e. The van der Waals surface area contributed by atoms with E-state index in [1.165, 1.54) is 5.56 Å². The molecule has 4 heteroatoms. The highest BCUT2D eigenvalue weighted by atomic mass is 16.1. The normalized spacial score (nSPS) is 23.8. The molecule has 1 heterocycles. The minimum Gasteiger partial charge on any atom is -0.370 e. The molecule has 1 aromatic rings. The topological polar surface area (TPSA) is 58.4 Å². The van der Waals surface area contributed by atoms with E-state index in [0.29, 0.717) is 12.6 Å². The fraction of sp³-hybridized carbons (Fsp3) is 0.533. The molecule has 0 aromatic heterocycles. The van der Waals surface area contributed by atoms with E-state index in [9.17, 15) is 4.79 Å². The maximum atomic E-state index is 11.9. The number of nitrogens with one attached hydrogen (secondary N) is 1. The fourth-order valence-corrected chi connectivity index (χ4v) is 2.64. The summed E-state index contributed by atoms with van der Waals surface area (Å²) < 4.78 is 0. The molecule has 0 spiro atoms. The summed E-state index contributed by atoms with van der Waals surface area (Å²) in [5, 5.41) is 3.36. The second kappa shape index (κ2) is 5.21. The number of hydrogen-bond donors (Lipinski definition) is 2. The standard InChI is InChI=1S/C15H23N3O/c1-11(2)18-8-7-15(10-18,14(16)19)17-13-6-4-5-12(3)9-13/h4-6,9,11,17H,7-8,10H2,1-3H3,(H2,16,19). The molecule has 1 atom stereocenters. The smallest absolute Gasteiger partial charge is 0.244 e. The van der Waals surface area contributed by atoms with Gasteiger partial charge in [0.05, 0.1) is 0 Å². The van der Waals surface area contributed by atoms with Crippen molar-refractivity contribution in [2.24, 2.45) is 5.73 Å². The van der Waals surface area contributed by atoms with E-state index in [-0.39, 0.29) is 5.91 Å². The van der Waals surface area contributed by atoms with Gasteiger partial charge in [0.2, 0.25) is 5.91 Å². The number of nitrogens with zero attached hydrogens (tertiary/aromatic N) is 1. The molecule has 0 saturated carbocycles. The van der Waals surface area contributed by atoms with Gasteiger partial charge in [-0.3, -0.25) is 9.69 Å². The average Bonchev–Trinajstić information content (AvgIpc) is 2.75. The lowest BCUT2D eigenvalue weighted by Crippen LogP contribution is -2.53. The van der Waals surface area contributed by atoms with Crippen LogP contribution >= 0.6 is 0 Å². The first-order chi connectivity index (χ1) is 8.93. The molecule has 3 N–H and O–H groups in total. The highest BCUT2D eigenvalue weighted by Crippen LogP contribution is 2.27. The van der Waals surface area contributed by atoms with Gasteiger partial charge in [0.1, 0.15) is 5.54 Å². The Hall–Kier alpha value is -1.55. The van der Waals surface area contributed by atoms with Crippen LogP contribution in [0.3, 0.4) is 0 Å². The van der Waals surface area contributed by atoms with E-state index in [1.807, 2.05) is 31.2 Å². The van der Waals surface area contributed by atoms with E-state index < -0.39 is 5.54 Å². The van der Waals surface area contributed by atoms with Gasteiger partial charge < -0.3 is 11.1 Å². The Kier molecular flexibility index (Phi) is 3.80. The van der Waals surface area contributed by atoms with Crippen molar-refractivity contribution in [3.63, 3.8) is 0 Å². The molecule has 19 heavy (non-hydrogen) atoms. The molecule has 1 aromatic carbocycles. The number of primary amides is 1. The van der Waals surface area contributed by atoms with Crippen LogP contribution in [0.1, 0.15) is 25.8 Å². The van der Waals surface area contributed by atoms with Crippen molar-refractivity contribution in [2.45, 2.75) is 38.8 Å². The van der Waals surface area contributed by atoms with Crippen LogP contribution in [-0.4, -0.2) is 35.5 Å². The van der Waals surface area contributed by atoms with Crippen LogP contribution in [0.5, 0.6) is 0 Å². The zero-order valence-electron chi connectivity index (χ0n) is 11.9. The molecular formula is C15H23N3O. The summed E-state index contributed by atoms with van der Waals surface area (Å²) in [5.41, 5.74) is 7.14. The quantitative estimate of drug-likeness (QED) is 0.868. The molecule has 4 nitrogen and oxygen atoms in total. The third-order valence-electron chi connectivity index (χ3n) is 3.90. The first-order valence-electron chi connectivity index (χ1n) is 6.82. The van der Waals surface area contributed by atoms with Gasteiger partial charge in [0.25, 0.3) is 0 Å². The second-order valence-electron chi connectivity index (χ2n) is 5.76. The Bertz CT molecular complexity index is 472. The fourth-order valence-electron chi connectivity index (χ4n) is 2.64. The second-order valence-corrected chi connectivity index (χ2v) is 5.76. The lowest BCUT2D eigenvalue weighted by molar-refractivity contribution is -0.122. The Morgan fingerprint density at radius 3 is 2.74 bits per heavy atom. The number of carbonyl (C=O) groups is 1. The van der Waals surface area contributed by atoms with Gasteiger partial charge in [-0.25, -0.2) is 0 Å². The van der Waals surface area contributed by atoms with Crippen LogP contribution in [0, 0.1) is 6.92 Å². The largest absolute Gasteiger partial charge is 0.370 e.